The maximum atomic E-state index is 12.5. The van der Waals surface area contributed by atoms with Crippen LogP contribution in [0.15, 0.2) is 52.1 Å². The molecule has 1 aliphatic rings. The smallest absolute Gasteiger partial charge is 0.166 e. The van der Waals surface area contributed by atoms with Gasteiger partial charge in [0.15, 0.2) is 5.78 Å². The van der Waals surface area contributed by atoms with Crippen LogP contribution in [0, 0.1) is 17.8 Å². The van der Waals surface area contributed by atoms with Crippen LogP contribution in [0.3, 0.4) is 0 Å². The van der Waals surface area contributed by atoms with E-state index in [1.807, 2.05) is 46.8 Å². The number of nitrogens with zero attached hydrogens (tertiary/aromatic N) is 1. The zero-order valence-electron chi connectivity index (χ0n) is 22.3. The molecule has 2 N–H and O–H groups in total. The monoisotopic (exact) mass is 457 g/mol. The van der Waals surface area contributed by atoms with Crippen LogP contribution in [0.25, 0.3) is 0 Å². The Hall–Kier alpha value is -2.14. The van der Waals surface area contributed by atoms with Crippen molar-refractivity contribution in [2.75, 3.05) is 19.7 Å². The van der Waals surface area contributed by atoms with Gasteiger partial charge in [-0.25, -0.2) is 4.99 Å². The lowest BCUT2D eigenvalue weighted by Gasteiger charge is -2.25. The molecule has 0 bridgehead atoms. The topological polar surface area (TPSA) is 62.7 Å². The van der Waals surface area contributed by atoms with Gasteiger partial charge in [-0.2, -0.15) is 0 Å². The predicted molar refractivity (Wildman–Crippen MR) is 141 cm³/mol. The quantitative estimate of drug-likeness (QED) is 0.172. The number of allylic oxidation sites excluding steroid dienone is 6. The van der Waals surface area contributed by atoms with Crippen molar-refractivity contribution < 1.29 is 9.53 Å². The van der Waals surface area contributed by atoms with Crippen molar-refractivity contribution in [1.29, 1.82) is 0 Å². The Bertz CT molecular complexity index is 772. The number of carbonyl (C=O) groups excluding carboxylic acids is 1. The van der Waals surface area contributed by atoms with Crippen LogP contribution in [0.5, 0.6) is 0 Å². The normalized spacial score (nSPS) is 18.7. The summed E-state index contributed by atoms with van der Waals surface area (Å²) in [5.74, 6) is 2.70. The summed E-state index contributed by atoms with van der Waals surface area (Å²) in [5.41, 5.74) is 2.39. The van der Waals surface area contributed by atoms with Crippen LogP contribution in [0.4, 0.5) is 0 Å². The Morgan fingerprint density at radius 1 is 1.24 bits per heavy atom. The minimum atomic E-state index is -0.0535. The van der Waals surface area contributed by atoms with E-state index in [4.69, 9.17) is 9.73 Å². The highest BCUT2D eigenvalue weighted by Crippen LogP contribution is 2.25. The van der Waals surface area contributed by atoms with Crippen molar-refractivity contribution in [3.05, 3.63) is 47.2 Å². The van der Waals surface area contributed by atoms with E-state index in [0.717, 1.165) is 55.5 Å². The average Bonchev–Trinajstić information content (AvgIpc) is 2.79. The minimum Gasteiger partial charge on any atom is -0.497 e. The molecule has 0 aromatic rings. The summed E-state index contributed by atoms with van der Waals surface area (Å²) in [6, 6.07) is 0. The molecule has 0 aliphatic heterocycles. The highest BCUT2D eigenvalue weighted by atomic mass is 16.5. The van der Waals surface area contributed by atoms with Gasteiger partial charge in [0.1, 0.15) is 11.6 Å². The lowest BCUT2D eigenvalue weighted by Crippen LogP contribution is -2.27. The third-order valence-corrected chi connectivity index (χ3v) is 5.82. The number of hydrogen-bond acceptors (Lipinski definition) is 5. The number of ketones is 1. The molecule has 0 saturated heterocycles. The Balaban J connectivity index is 2.87. The maximum Gasteiger partial charge on any atom is 0.166 e. The van der Waals surface area contributed by atoms with Crippen molar-refractivity contribution in [3.63, 3.8) is 0 Å². The van der Waals surface area contributed by atoms with Gasteiger partial charge in [0.2, 0.25) is 0 Å². The van der Waals surface area contributed by atoms with Crippen LogP contribution < -0.4 is 10.6 Å². The molecule has 1 rings (SSSR count). The van der Waals surface area contributed by atoms with Gasteiger partial charge in [0.25, 0.3) is 0 Å². The molecule has 0 fully saturated rings. The van der Waals surface area contributed by atoms with E-state index in [-0.39, 0.29) is 11.7 Å². The van der Waals surface area contributed by atoms with Gasteiger partial charge in [0, 0.05) is 35.6 Å². The molecule has 0 aromatic carbocycles. The zero-order valence-corrected chi connectivity index (χ0v) is 22.3. The Labute approximate surface area is 202 Å². The number of hydrogen-bond donors (Lipinski definition) is 2. The highest BCUT2D eigenvalue weighted by molar-refractivity contribution is 6.22. The fraction of sp³-hybridized carbons (Fsp3) is 0.643. The number of nitrogens with one attached hydrogen (secondary N) is 2. The van der Waals surface area contributed by atoms with Crippen molar-refractivity contribution in [3.8, 4) is 0 Å². The van der Waals surface area contributed by atoms with Gasteiger partial charge < -0.3 is 15.4 Å². The predicted octanol–water partition coefficient (Wildman–Crippen LogP) is 6.31. The molecule has 0 aromatic heterocycles. The molecule has 0 heterocycles. The molecule has 0 saturated carbocycles. The third-order valence-electron chi connectivity index (χ3n) is 5.82. The second-order valence-corrected chi connectivity index (χ2v) is 9.23. The fourth-order valence-corrected chi connectivity index (χ4v) is 3.79. The fourth-order valence-electron chi connectivity index (χ4n) is 3.79. The molecule has 186 valence electrons. The average molecular weight is 458 g/mol. The van der Waals surface area contributed by atoms with E-state index in [1.165, 1.54) is 12.8 Å². The number of aliphatic imine (C=N–C) groups is 1. The molecule has 5 heteroatoms. The molecule has 0 amide bonds. The van der Waals surface area contributed by atoms with Gasteiger partial charge in [0.05, 0.1) is 12.3 Å². The minimum absolute atomic E-state index is 0.0535. The number of rotatable bonds is 15. The van der Waals surface area contributed by atoms with E-state index in [2.05, 4.69) is 43.6 Å². The third kappa shape index (κ3) is 10.1. The standard InChI is InChI=1S/C28H47N3O2/c1-9-13-23(18-29-16-10-2)19-33-26-17-24(15-14-21(26)7)31-27(12-4)30-22(8)25(11-3)28(32)20(5)6/h11-12,15,17,20-21,23,29,31H,9-10,13-14,16,18-19H2,1-8H3/b25-11+,27-12+,30-22+/t21?,23-/m1/s1. The largest absolute Gasteiger partial charge is 0.497 e. The van der Waals surface area contributed by atoms with Crippen LogP contribution in [-0.4, -0.2) is 31.2 Å². The van der Waals surface area contributed by atoms with Crippen LogP contribution in [0.1, 0.15) is 81.1 Å². The molecule has 0 radical (unpaired) electrons. The van der Waals surface area contributed by atoms with Gasteiger partial charge in [-0.15, -0.1) is 0 Å². The molecule has 2 atom stereocenters. The molecule has 1 aliphatic carbocycles. The van der Waals surface area contributed by atoms with Gasteiger partial charge in [-0.1, -0.05) is 53.2 Å². The first-order valence-electron chi connectivity index (χ1n) is 12.7. The Morgan fingerprint density at radius 2 is 1.97 bits per heavy atom. The molecule has 1 unspecified atom stereocenters. The molecular weight excluding hydrogens is 410 g/mol. The van der Waals surface area contributed by atoms with Crippen LogP contribution >= 0.6 is 0 Å². The Kier molecular flexibility index (Phi) is 13.7. The summed E-state index contributed by atoms with van der Waals surface area (Å²) in [5, 5.41) is 6.95. The second-order valence-electron chi connectivity index (χ2n) is 9.23. The SMILES string of the molecule is C\C=C(/N=C(C)/C(=C\C)C(=O)C(C)C)NC1=CCC(C)C(OC[C@H](CCC)CNCCC)=C1. The number of Topliss-reactive ketones (excluding diaryl/α,β-unsaturated/α-hetero) is 1. The molecule has 33 heavy (non-hydrogen) atoms. The zero-order chi connectivity index (χ0) is 24.8. The van der Waals surface area contributed by atoms with E-state index in [0.29, 0.717) is 17.4 Å². The first-order chi connectivity index (χ1) is 15.8. The lowest BCUT2D eigenvalue weighted by atomic mass is 9.97. The van der Waals surface area contributed by atoms with E-state index >= 15 is 0 Å². The van der Waals surface area contributed by atoms with Gasteiger partial charge >= 0.3 is 0 Å². The molecule has 0 spiro atoms. The van der Waals surface area contributed by atoms with Gasteiger partial charge in [-0.3, -0.25) is 4.79 Å². The van der Waals surface area contributed by atoms with E-state index in [9.17, 15) is 4.79 Å². The van der Waals surface area contributed by atoms with Gasteiger partial charge in [-0.05, 0) is 58.7 Å². The second kappa shape index (κ2) is 15.7. The summed E-state index contributed by atoms with van der Waals surface area (Å²) in [4.78, 5) is 17.2. The first kappa shape index (κ1) is 28.9. The van der Waals surface area contributed by atoms with Crippen molar-refractivity contribution >= 4 is 11.5 Å². The van der Waals surface area contributed by atoms with Crippen molar-refractivity contribution in [2.45, 2.75) is 81.1 Å². The summed E-state index contributed by atoms with van der Waals surface area (Å²) in [6.07, 6.45) is 12.5. The van der Waals surface area contributed by atoms with Crippen molar-refractivity contribution in [2.24, 2.45) is 22.7 Å². The highest BCUT2D eigenvalue weighted by Gasteiger charge is 2.19. The molecule has 5 nitrogen and oxygen atoms in total. The first-order valence-corrected chi connectivity index (χ1v) is 12.7. The number of ether oxygens (including phenoxy) is 1. The van der Waals surface area contributed by atoms with Crippen LogP contribution in [-0.2, 0) is 9.53 Å². The summed E-state index contributed by atoms with van der Waals surface area (Å²) in [7, 11) is 0. The van der Waals surface area contributed by atoms with Crippen LogP contribution in [0.2, 0.25) is 0 Å². The summed E-state index contributed by atoms with van der Waals surface area (Å²) >= 11 is 0. The summed E-state index contributed by atoms with van der Waals surface area (Å²) < 4.78 is 6.31. The van der Waals surface area contributed by atoms with E-state index in [1.54, 1.807) is 0 Å². The van der Waals surface area contributed by atoms with E-state index < -0.39 is 0 Å². The lowest BCUT2D eigenvalue weighted by molar-refractivity contribution is -0.117. The maximum absolute atomic E-state index is 12.5. The number of carbonyl (C=O) groups is 1. The van der Waals surface area contributed by atoms with Crippen molar-refractivity contribution in [1.82, 2.24) is 10.6 Å². The summed E-state index contributed by atoms with van der Waals surface area (Å²) in [6.45, 7) is 19.0. The molecular formula is C28H47N3O2. The Morgan fingerprint density at radius 3 is 2.55 bits per heavy atom.